The molecule has 0 aliphatic carbocycles. The highest BCUT2D eigenvalue weighted by Gasteiger charge is 2.25. The summed E-state index contributed by atoms with van der Waals surface area (Å²) in [4.78, 5) is 0. The summed E-state index contributed by atoms with van der Waals surface area (Å²) in [6, 6.07) is 6.42. The fraction of sp³-hybridized carbons (Fsp3) is 0.625. The Hall–Kier alpha value is -1.26. The molecule has 1 aromatic carbocycles. The maximum Gasteiger partial charge on any atom is 0.127 e. The summed E-state index contributed by atoms with van der Waals surface area (Å²) in [6.45, 7) is 6.50. The van der Waals surface area contributed by atoms with E-state index in [1.807, 2.05) is 12.1 Å². The molecule has 0 saturated carbocycles. The highest BCUT2D eigenvalue weighted by Crippen LogP contribution is 2.35. The van der Waals surface area contributed by atoms with Crippen molar-refractivity contribution >= 4 is 0 Å². The molecule has 1 saturated heterocycles. The fourth-order valence-electron chi connectivity index (χ4n) is 2.89. The van der Waals surface area contributed by atoms with E-state index in [0.29, 0.717) is 25.4 Å². The van der Waals surface area contributed by atoms with Crippen LogP contribution >= 0.6 is 0 Å². The van der Waals surface area contributed by atoms with Gasteiger partial charge in [-0.1, -0.05) is 6.92 Å². The third kappa shape index (κ3) is 2.91. The molecule has 3 unspecified atom stereocenters. The zero-order valence-corrected chi connectivity index (χ0v) is 12.2. The monoisotopic (exact) mass is 277 g/mol. The summed E-state index contributed by atoms with van der Waals surface area (Å²) < 4.78 is 17.3. The van der Waals surface area contributed by atoms with Crippen molar-refractivity contribution in [3.63, 3.8) is 0 Å². The molecule has 110 valence electrons. The van der Waals surface area contributed by atoms with Gasteiger partial charge in [-0.3, -0.25) is 0 Å². The molecule has 0 aromatic heterocycles. The SMILES string of the molecule is CCNC1COc2cc(OCC3CCC(C)O3)ccc21. The van der Waals surface area contributed by atoms with Gasteiger partial charge in [0.15, 0.2) is 0 Å². The Labute approximate surface area is 120 Å². The van der Waals surface area contributed by atoms with E-state index in [1.54, 1.807) is 0 Å². The minimum atomic E-state index is 0.230. The van der Waals surface area contributed by atoms with Gasteiger partial charge in [-0.05, 0) is 38.4 Å². The van der Waals surface area contributed by atoms with Gasteiger partial charge in [0.25, 0.3) is 0 Å². The maximum atomic E-state index is 5.83. The van der Waals surface area contributed by atoms with E-state index in [-0.39, 0.29) is 6.10 Å². The second-order valence-electron chi connectivity index (χ2n) is 5.58. The molecule has 3 atom stereocenters. The smallest absolute Gasteiger partial charge is 0.127 e. The molecule has 2 aliphatic rings. The molecule has 0 bridgehead atoms. The molecule has 0 spiro atoms. The first-order valence-electron chi connectivity index (χ1n) is 7.54. The van der Waals surface area contributed by atoms with Gasteiger partial charge >= 0.3 is 0 Å². The molecule has 1 aromatic rings. The van der Waals surface area contributed by atoms with E-state index < -0.39 is 0 Å². The summed E-state index contributed by atoms with van der Waals surface area (Å²) in [7, 11) is 0. The topological polar surface area (TPSA) is 39.7 Å². The molecule has 20 heavy (non-hydrogen) atoms. The van der Waals surface area contributed by atoms with Crippen molar-refractivity contribution in [1.29, 1.82) is 0 Å². The van der Waals surface area contributed by atoms with Crippen molar-refractivity contribution in [1.82, 2.24) is 5.32 Å². The van der Waals surface area contributed by atoms with Crippen molar-refractivity contribution in [3.05, 3.63) is 23.8 Å². The number of likely N-dealkylation sites (N-methyl/N-ethyl adjacent to an activating group) is 1. The summed E-state index contributed by atoms with van der Waals surface area (Å²) >= 11 is 0. The molecule has 2 aliphatic heterocycles. The van der Waals surface area contributed by atoms with Crippen LogP contribution in [0.25, 0.3) is 0 Å². The molecule has 2 heterocycles. The van der Waals surface area contributed by atoms with Crippen molar-refractivity contribution in [2.75, 3.05) is 19.8 Å². The Bertz CT molecular complexity index is 463. The number of hydrogen-bond donors (Lipinski definition) is 1. The van der Waals surface area contributed by atoms with Gasteiger partial charge in [-0.15, -0.1) is 0 Å². The summed E-state index contributed by atoms with van der Waals surface area (Å²) in [5.74, 6) is 1.80. The second kappa shape index (κ2) is 6.02. The average Bonchev–Trinajstić information content (AvgIpc) is 3.04. The van der Waals surface area contributed by atoms with Crippen LogP contribution in [0.1, 0.15) is 38.3 Å². The van der Waals surface area contributed by atoms with Crippen LogP contribution in [0.4, 0.5) is 0 Å². The van der Waals surface area contributed by atoms with Gasteiger partial charge in [-0.2, -0.15) is 0 Å². The first-order valence-corrected chi connectivity index (χ1v) is 7.54. The van der Waals surface area contributed by atoms with Crippen molar-refractivity contribution in [3.8, 4) is 11.5 Å². The minimum absolute atomic E-state index is 0.230. The highest BCUT2D eigenvalue weighted by molar-refractivity contribution is 5.45. The molecular formula is C16H23NO3. The van der Waals surface area contributed by atoms with Crippen LogP contribution in [-0.2, 0) is 4.74 Å². The predicted molar refractivity (Wildman–Crippen MR) is 77.4 cm³/mol. The number of hydrogen-bond acceptors (Lipinski definition) is 4. The fourth-order valence-corrected chi connectivity index (χ4v) is 2.89. The molecule has 0 radical (unpaired) electrons. The summed E-state index contributed by atoms with van der Waals surface area (Å²) in [5.41, 5.74) is 1.23. The standard InChI is InChI=1S/C16H23NO3/c1-3-17-15-10-19-16-8-12(6-7-14(15)16)18-9-13-5-4-11(2)20-13/h6-8,11,13,15,17H,3-5,9-10H2,1-2H3. The maximum absolute atomic E-state index is 5.83. The first-order chi connectivity index (χ1) is 9.76. The number of benzene rings is 1. The predicted octanol–water partition coefficient (Wildman–Crippen LogP) is 2.68. The quantitative estimate of drug-likeness (QED) is 0.898. The molecule has 4 heteroatoms. The molecular weight excluding hydrogens is 254 g/mol. The number of nitrogens with one attached hydrogen (secondary N) is 1. The Balaban J connectivity index is 1.59. The van der Waals surface area contributed by atoms with Gasteiger partial charge < -0.3 is 19.5 Å². The van der Waals surface area contributed by atoms with E-state index in [2.05, 4.69) is 25.2 Å². The van der Waals surface area contributed by atoms with Gasteiger partial charge in [-0.25, -0.2) is 0 Å². The van der Waals surface area contributed by atoms with Crippen molar-refractivity contribution in [2.45, 2.75) is 44.9 Å². The van der Waals surface area contributed by atoms with Crippen LogP contribution in [0.15, 0.2) is 18.2 Å². The van der Waals surface area contributed by atoms with E-state index in [1.165, 1.54) is 5.56 Å². The van der Waals surface area contributed by atoms with Crippen molar-refractivity contribution < 1.29 is 14.2 Å². The zero-order chi connectivity index (χ0) is 13.9. The Morgan fingerprint density at radius 3 is 3.00 bits per heavy atom. The van der Waals surface area contributed by atoms with E-state index in [4.69, 9.17) is 14.2 Å². The van der Waals surface area contributed by atoms with Crippen molar-refractivity contribution in [2.24, 2.45) is 0 Å². The Morgan fingerprint density at radius 1 is 1.35 bits per heavy atom. The lowest BCUT2D eigenvalue weighted by molar-refractivity contribution is 0.0264. The Morgan fingerprint density at radius 2 is 2.25 bits per heavy atom. The number of rotatable bonds is 5. The van der Waals surface area contributed by atoms with E-state index in [9.17, 15) is 0 Å². The molecule has 1 fully saturated rings. The third-order valence-corrected chi connectivity index (χ3v) is 3.97. The second-order valence-corrected chi connectivity index (χ2v) is 5.58. The molecule has 4 nitrogen and oxygen atoms in total. The van der Waals surface area contributed by atoms with Gasteiger partial charge in [0.05, 0.1) is 18.2 Å². The summed E-state index contributed by atoms with van der Waals surface area (Å²) in [5, 5.41) is 3.42. The van der Waals surface area contributed by atoms with E-state index in [0.717, 1.165) is 30.9 Å². The van der Waals surface area contributed by atoms with E-state index >= 15 is 0 Å². The lowest BCUT2D eigenvalue weighted by atomic mass is 10.1. The highest BCUT2D eigenvalue weighted by atomic mass is 16.5. The molecule has 3 rings (SSSR count). The van der Waals surface area contributed by atoms with Crippen LogP contribution in [-0.4, -0.2) is 32.0 Å². The largest absolute Gasteiger partial charge is 0.491 e. The zero-order valence-electron chi connectivity index (χ0n) is 12.2. The minimum Gasteiger partial charge on any atom is -0.491 e. The van der Waals surface area contributed by atoms with Crippen LogP contribution in [0.3, 0.4) is 0 Å². The van der Waals surface area contributed by atoms with Crippen LogP contribution in [0.2, 0.25) is 0 Å². The third-order valence-electron chi connectivity index (χ3n) is 3.97. The first kappa shape index (κ1) is 13.7. The van der Waals surface area contributed by atoms with Gasteiger partial charge in [0.1, 0.15) is 24.7 Å². The van der Waals surface area contributed by atoms with Crippen LogP contribution in [0.5, 0.6) is 11.5 Å². The molecule has 0 amide bonds. The van der Waals surface area contributed by atoms with Crippen LogP contribution in [0, 0.1) is 0 Å². The van der Waals surface area contributed by atoms with Gasteiger partial charge in [0, 0.05) is 11.6 Å². The normalized spacial score (nSPS) is 28.2. The van der Waals surface area contributed by atoms with Gasteiger partial charge in [0.2, 0.25) is 0 Å². The summed E-state index contributed by atoms with van der Waals surface area (Å²) in [6.07, 6.45) is 2.82. The Kier molecular flexibility index (Phi) is 4.13. The lowest BCUT2D eigenvalue weighted by Gasteiger charge is -2.13. The van der Waals surface area contributed by atoms with Crippen LogP contribution < -0.4 is 14.8 Å². The average molecular weight is 277 g/mol. The lowest BCUT2D eigenvalue weighted by Crippen LogP contribution is -2.21. The number of ether oxygens (including phenoxy) is 3. The number of fused-ring (bicyclic) bond motifs is 1. The molecule has 1 N–H and O–H groups in total.